The molecule has 0 heterocycles. The molecule has 172 valence electrons. The molecular weight excluding hydrogens is 402 g/mol. The van der Waals surface area contributed by atoms with Crippen molar-refractivity contribution in [3.63, 3.8) is 0 Å². The molecule has 2 unspecified atom stereocenters. The lowest BCUT2D eigenvalue weighted by Gasteiger charge is -2.26. The van der Waals surface area contributed by atoms with Gasteiger partial charge < -0.3 is 15.2 Å². The molecular formula is C26H35N3O3. The van der Waals surface area contributed by atoms with Crippen molar-refractivity contribution >= 4 is 12.7 Å². The topological polar surface area (TPSA) is 83.0 Å². The predicted molar refractivity (Wildman–Crippen MR) is 130 cm³/mol. The number of nitrogens with zero attached hydrogens (tertiary/aromatic N) is 1. The van der Waals surface area contributed by atoms with Crippen LogP contribution < -0.4 is 10.6 Å². The van der Waals surface area contributed by atoms with E-state index in [-0.39, 0.29) is 17.9 Å². The molecule has 2 atom stereocenters. The first-order chi connectivity index (χ1) is 15.5. The molecule has 0 saturated heterocycles. The van der Waals surface area contributed by atoms with E-state index >= 15 is 0 Å². The Balaban J connectivity index is 2.09. The highest BCUT2D eigenvalue weighted by Crippen LogP contribution is 2.10. The van der Waals surface area contributed by atoms with E-state index in [1.807, 2.05) is 43.3 Å². The van der Waals surface area contributed by atoms with Crippen LogP contribution in [0.25, 0.3) is 0 Å². The first-order valence-electron chi connectivity index (χ1n) is 11.1. The van der Waals surface area contributed by atoms with E-state index in [0.29, 0.717) is 38.1 Å². The van der Waals surface area contributed by atoms with E-state index in [0.717, 1.165) is 12.0 Å². The highest BCUT2D eigenvalue weighted by atomic mass is 16.5. The number of carbonyl (C=O) groups excluding carboxylic acids is 1. The summed E-state index contributed by atoms with van der Waals surface area (Å²) in [4.78, 5) is 16.5. The van der Waals surface area contributed by atoms with Gasteiger partial charge in [-0.15, -0.1) is 0 Å². The standard InChI is InChI=1S/C26H35N3O3/c1-4-32-26(31)23(16-15-21-11-7-5-8-12-21)29-25(19-22-13-9-6-10-14-22)28-18-17-24(30)20(2)27-3/h5-14,23,25,28-30H,3-4,15-19H2,1-2H3/b24-20-. The second-order valence-corrected chi connectivity index (χ2v) is 7.63. The molecule has 2 rings (SSSR count). The summed E-state index contributed by atoms with van der Waals surface area (Å²) >= 11 is 0. The summed E-state index contributed by atoms with van der Waals surface area (Å²) in [5.74, 6) is -0.0466. The Labute approximate surface area is 191 Å². The Hall–Kier alpha value is -2.96. The zero-order valence-electron chi connectivity index (χ0n) is 19.1. The van der Waals surface area contributed by atoms with E-state index in [1.165, 1.54) is 5.56 Å². The van der Waals surface area contributed by atoms with Gasteiger partial charge in [-0.25, -0.2) is 0 Å². The monoisotopic (exact) mass is 437 g/mol. The van der Waals surface area contributed by atoms with Crippen molar-refractivity contribution in [3.05, 3.63) is 83.2 Å². The third-order valence-corrected chi connectivity index (χ3v) is 5.23. The number of esters is 1. The van der Waals surface area contributed by atoms with Crippen LogP contribution >= 0.6 is 0 Å². The Morgan fingerprint density at radius 2 is 1.72 bits per heavy atom. The van der Waals surface area contributed by atoms with E-state index in [2.05, 4.69) is 46.6 Å². The summed E-state index contributed by atoms with van der Waals surface area (Å²) in [5.41, 5.74) is 2.84. The van der Waals surface area contributed by atoms with Crippen molar-refractivity contribution < 1.29 is 14.6 Å². The average molecular weight is 438 g/mol. The van der Waals surface area contributed by atoms with Crippen LogP contribution in [-0.4, -0.2) is 43.2 Å². The number of carbonyl (C=O) groups is 1. The number of benzene rings is 2. The zero-order chi connectivity index (χ0) is 23.2. The maximum atomic E-state index is 12.7. The van der Waals surface area contributed by atoms with Crippen LogP contribution in [0.4, 0.5) is 0 Å². The van der Waals surface area contributed by atoms with Crippen molar-refractivity contribution in [2.24, 2.45) is 4.99 Å². The van der Waals surface area contributed by atoms with Crippen LogP contribution in [0.5, 0.6) is 0 Å². The van der Waals surface area contributed by atoms with Gasteiger partial charge in [-0.1, -0.05) is 60.7 Å². The van der Waals surface area contributed by atoms with Crippen molar-refractivity contribution in [1.82, 2.24) is 10.6 Å². The highest BCUT2D eigenvalue weighted by molar-refractivity contribution is 5.75. The quantitative estimate of drug-likeness (QED) is 0.179. The molecule has 6 heteroatoms. The van der Waals surface area contributed by atoms with E-state index in [1.54, 1.807) is 6.92 Å². The fraction of sp³-hybridized carbons (Fsp3) is 0.385. The van der Waals surface area contributed by atoms with Crippen LogP contribution in [-0.2, 0) is 22.4 Å². The van der Waals surface area contributed by atoms with Gasteiger partial charge in [0.25, 0.3) is 0 Å². The maximum Gasteiger partial charge on any atom is 0.323 e. The van der Waals surface area contributed by atoms with Crippen LogP contribution in [0.2, 0.25) is 0 Å². The van der Waals surface area contributed by atoms with Crippen molar-refractivity contribution in [1.29, 1.82) is 0 Å². The van der Waals surface area contributed by atoms with Crippen molar-refractivity contribution in [2.75, 3.05) is 13.2 Å². The normalized spacial score (nSPS) is 13.7. The molecule has 2 aromatic rings. The van der Waals surface area contributed by atoms with Gasteiger partial charge in [0, 0.05) is 19.4 Å². The van der Waals surface area contributed by atoms with Crippen molar-refractivity contribution in [2.45, 2.75) is 51.7 Å². The highest BCUT2D eigenvalue weighted by Gasteiger charge is 2.23. The number of ether oxygens (including phenoxy) is 1. The van der Waals surface area contributed by atoms with Gasteiger partial charge in [0.15, 0.2) is 0 Å². The Morgan fingerprint density at radius 1 is 1.09 bits per heavy atom. The van der Waals surface area contributed by atoms with Gasteiger partial charge in [0.05, 0.1) is 18.5 Å². The summed E-state index contributed by atoms with van der Waals surface area (Å²) in [6.45, 7) is 7.86. The first-order valence-corrected chi connectivity index (χ1v) is 11.1. The third kappa shape index (κ3) is 9.04. The molecule has 0 amide bonds. The molecule has 6 nitrogen and oxygen atoms in total. The minimum atomic E-state index is -0.447. The number of hydrogen-bond donors (Lipinski definition) is 3. The number of hydrogen-bond acceptors (Lipinski definition) is 6. The van der Waals surface area contributed by atoms with Crippen LogP contribution in [0, 0.1) is 0 Å². The van der Waals surface area contributed by atoms with Crippen LogP contribution in [0.3, 0.4) is 0 Å². The second kappa shape index (κ2) is 14.2. The molecule has 0 aromatic heterocycles. The fourth-order valence-corrected chi connectivity index (χ4v) is 3.39. The molecule has 0 fully saturated rings. The Bertz CT molecular complexity index is 853. The second-order valence-electron chi connectivity index (χ2n) is 7.63. The van der Waals surface area contributed by atoms with Crippen LogP contribution in [0.1, 0.15) is 37.8 Å². The number of allylic oxidation sites excluding steroid dienone is 1. The lowest BCUT2D eigenvalue weighted by molar-refractivity contribution is -0.146. The molecule has 3 N–H and O–H groups in total. The molecule has 0 aliphatic carbocycles. The van der Waals surface area contributed by atoms with Crippen LogP contribution in [0.15, 0.2) is 77.1 Å². The first kappa shape index (κ1) is 25.3. The lowest BCUT2D eigenvalue weighted by atomic mass is 10.0. The molecule has 0 aliphatic rings. The Morgan fingerprint density at radius 3 is 2.31 bits per heavy atom. The number of rotatable bonds is 14. The average Bonchev–Trinajstić information content (AvgIpc) is 2.82. The van der Waals surface area contributed by atoms with E-state index < -0.39 is 6.04 Å². The minimum absolute atomic E-state index is 0.174. The third-order valence-electron chi connectivity index (χ3n) is 5.23. The predicted octanol–water partition coefficient (Wildman–Crippen LogP) is 4.18. The molecule has 0 radical (unpaired) electrons. The smallest absolute Gasteiger partial charge is 0.323 e. The van der Waals surface area contributed by atoms with E-state index in [9.17, 15) is 9.90 Å². The summed E-state index contributed by atoms with van der Waals surface area (Å²) in [6.07, 6.45) is 2.33. The van der Waals surface area contributed by atoms with Gasteiger partial charge in [0.2, 0.25) is 0 Å². The summed E-state index contributed by atoms with van der Waals surface area (Å²) < 4.78 is 5.34. The summed E-state index contributed by atoms with van der Waals surface area (Å²) in [7, 11) is 0. The number of aliphatic imine (C=N–C) groups is 1. The number of aliphatic hydroxyl groups is 1. The minimum Gasteiger partial charge on any atom is -0.510 e. The number of nitrogens with one attached hydrogen (secondary N) is 2. The molecule has 2 aromatic carbocycles. The van der Waals surface area contributed by atoms with Gasteiger partial charge in [0.1, 0.15) is 11.8 Å². The van der Waals surface area contributed by atoms with Gasteiger partial charge in [-0.3, -0.25) is 15.1 Å². The molecule has 0 bridgehead atoms. The largest absolute Gasteiger partial charge is 0.510 e. The summed E-state index contributed by atoms with van der Waals surface area (Å²) in [6, 6.07) is 19.8. The molecule has 0 saturated carbocycles. The number of aryl methyl sites for hydroxylation is 1. The molecule has 32 heavy (non-hydrogen) atoms. The fourth-order valence-electron chi connectivity index (χ4n) is 3.39. The SMILES string of the molecule is C=N/C(C)=C(\O)CCNC(Cc1ccccc1)NC(CCc1ccccc1)C(=O)OCC. The number of aliphatic hydroxyl groups excluding tert-OH is 1. The Kier molecular flexibility index (Phi) is 11.2. The van der Waals surface area contributed by atoms with Crippen molar-refractivity contribution in [3.8, 4) is 0 Å². The van der Waals surface area contributed by atoms with Gasteiger partial charge in [-0.05, 0) is 44.5 Å². The van der Waals surface area contributed by atoms with E-state index in [4.69, 9.17) is 4.74 Å². The molecule has 0 aliphatic heterocycles. The van der Waals surface area contributed by atoms with Gasteiger partial charge in [-0.2, -0.15) is 0 Å². The summed E-state index contributed by atoms with van der Waals surface area (Å²) in [5, 5.41) is 17.0. The van der Waals surface area contributed by atoms with Gasteiger partial charge >= 0.3 is 5.97 Å². The lowest BCUT2D eigenvalue weighted by Crippen LogP contribution is -2.52. The zero-order valence-corrected chi connectivity index (χ0v) is 19.1. The maximum absolute atomic E-state index is 12.7. The molecule has 0 spiro atoms.